The van der Waals surface area contributed by atoms with Crippen LogP contribution in [0.15, 0.2) is 45.4 Å². The molecule has 0 spiro atoms. The fraction of sp³-hybridized carbons (Fsp3) is 0.250. The number of carbonyl (C=O) groups excluding carboxylic acids is 1. The van der Waals surface area contributed by atoms with E-state index in [-0.39, 0.29) is 34.7 Å². The molecule has 0 bridgehead atoms. The fourth-order valence-electron chi connectivity index (χ4n) is 3.35. The lowest BCUT2D eigenvalue weighted by atomic mass is 10.2. The van der Waals surface area contributed by atoms with Gasteiger partial charge in [0.25, 0.3) is 11.6 Å². The smallest absolute Gasteiger partial charge is 0.289 e. The first-order valence-electron chi connectivity index (χ1n) is 9.60. The largest absolute Gasteiger partial charge is 0.459 e. The number of benzene rings is 1. The highest BCUT2D eigenvalue weighted by Crippen LogP contribution is 2.29. The number of halogens is 1. The highest BCUT2D eigenvalue weighted by Gasteiger charge is 2.26. The third kappa shape index (κ3) is 4.56. The maximum Gasteiger partial charge on any atom is 0.289 e. The zero-order valence-corrected chi connectivity index (χ0v) is 17.4. The molecule has 0 saturated carbocycles. The molecule has 3 heterocycles. The van der Waals surface area contributed by atoms with E-state index in [4.69, 9.17) is 20.4 Å². The van der Waals surface area contributed by atoms with E-state index in [0.29, 0.717) is 43.5 Å². The van der Waals surface area contributed by atoms with Crippen LogP contribution in [0, 0.1) is 21.4 Å². The van der Waals surface area contributed by atoms with Gasteiger partial charge in [0.05, 0.1) is 17.7 Å². The molecule has 1 amide bonds. The number of oxazole rings is 1. The van der Waals surface area contributed by atoms with Crippen molar-refractivity contribution < 1.29 is 18.6 Å². The van der Waals surface area contributed by atoms with E-state index < -0.39 is 4.92 Å². The molecule has 1 aliphatic rings. The molecule has 12 heteroatoms. The Kier molecular flexibility index (Phi) is 6.07. The lowest BCUT2D eigenvalue weighted by Crippen LogP contribution is -2.48. The zero-order valence-electron chi connectivity index (χ0n) is 16.7. The normalized spacial score (nSPS) is 14.2. The van der Waals surface area contributed by atoms with Crippen LogP contribution in [0.1, 0.15) is 5.69 Å². The van der Waals surface area contributed by atoms with Crippen LogP contribution in [0.2, 0.25) is 5.02 Å². The van der Waals surface area contributed by atoms with Gasteiger partial charge in [-0.1, -0.05) is 11.6 Å². The Morgan fingerprint density at radius 2 is 2.09 bits per heavy atom. The first-order chi connectivity index (χ1) is 15.4. The third-order valence-electron chi connectivity index (χ3n) is 4.90. The van der Waals surface area contributed by atoms with Gasteiger partial charge in [-0.25, -0.2) is 0 Å². The van der Waals surface area contributed by atoms with E-state index in [0.717, 1.165) is 0 Å². The molecule has 32 heavy (non-hydrogen) atoms. The molecule has 1 saturated heterocycles. The number of nitriles is 1. The number of nitrogens with zero attached hydrogens (tertiary/aromatic N) is 5. The number of aromatic nitrogens is 1. The lowest BCUT2D eigenvalue weighted by Gasteiger charge is -2.33. The van der Waals surface area contributed by atoms with Crippen LogP contribution in [-0.4, -0.2) is 53.4 Å². The Bertz CT molecular complexity index is 1180. The van der Waals surface area contributed by atoms with Crippen molar-refractivity contribution in [2.24, 2.45) is 0 Å². The van der Waals surface area contributed by atoms with Gasteiger partial charge in [0.1, 0.15) is 11.1 Å². The summed E-state index contributed by atoms with van der Waals surface area (Å²) in [5.74, 6) is 0.745. The number of piperazine rings is 1. The summed E-state index contributed by atoms with van der Waals surface area (Å²) in [6, 6.07) is 9.55. The molecular weight excluding hydrogens is 440 g/mol. The predicted octanol–water partition coefficient (Wildman–Crippen LogP) is 3.13. The Balaban J connectivity index is 1.35. The van der Waals surface area contributed by atoms with E-state index in [1.165, 1.54) is 24.5 Å². The van der Waals surface area contributed by atoms with Gasteiger partial charge < -0.3 is 19.1 Å². The molecule has 0 aliphatic carbocycles. The number of amides is 1. The van der Waals surface area contributed by atoms with Crippen molar-refractivity contribution in [2.45, 2.75) is 0 Å². The average Bonchev–Trinajstić information content (AvgIpc) is 3.45. The molecule has 0 radical (unpaired) electrons. The van der Waals surface area contributed by atoms with Crippen LogP contribution in [0.25, 0.3) is 11.7 Å². The predicted molar refractivity (Wildman–Crippen MR) is 114 cm³/mol. The van der Waals surface area contributed by atoms with Crippen molar-refractivity contribution in [2.75, 3.05) is 42.9 Å². The van der Waals surface area contributed by atoms with Crippen LogP contribution in [0.3, 0.4) is 0 Å². The van der Waals surface area contributed by atoms with Crippen LogP contribution < -0.4 is 10.2 Å². The standard InChI is InChI=1S/C20H17ClN6O5/c21-14-4-3-13(10-16(14)27(29)30)23-18(28)12-25-5-7-26(8-6-25)20-15(11-22)24-19(32-20)17-2-1-9-31-17/h1-4,9-10H,5-8,12H2,(H,23,28). The first kappa shape index (κ1) is 21.4. The second-order valence-corrected chi connectivity index (χ2v) is 7.40. The summed E-state index contributed by atoms with van der Waals surface area (Å²) in [6.45, 7) is 2.28. The summed E-state index contributed by atoms with van der Waals surface area (Å²) in [7, 11) is 0. The number of hydrogen-bond donors (Lipinski definition) is 1. The second-order valence-electron chi connectivity index (χ2n) is 7.00. The van der Waals surface area contributed by atoms with Gasteiger partial charge in [-0.3, -0.25) is 19.8 Å². The average molecular weight is 457 g/mol. The molecule has 4 rings (SSSR count). The van der Waals surface area contributed by atoms with E-state index in [1.807, 2.05) is 15.9 Å². The topological polar surface area (TPSA) is 142 Å². The minimum Gasteiger partial charge on any atom is -0.459 e. The van der Waals surface area contributed by atoms with Crippen LogP contribution >= 0.6 is 11.6 Å². The minimum atomic E-state index is -0.604. The molecule has 0 unspecified atom stereocenters. The van der Waals surface area contributed by atoms with Gasteiger partial charge in [-0.2, -0.15) is 10.2 Å². The van der Waals surface area contributed by atoms with Gasteiger partial charge in [0.2, 0.25) is 17.5 Å². The van der Waals surface area contributed by atoms with Crippen LogP contribution in [0.4, 0.5) is 17.3 Å². The van der Waals surface area contributed by atoms with Crippen molar-refractivity contribution in [3.8, 4) is 17.7 Å². The second kappa shape index (κ2) is 9.09. The number of nitro benzene ring substituents is 1. The lowest BCUT2D eigenvalue weighted by molar-refractivity contribution is -0.384. The molecule has 1 aromatic carbocycles. The van der Waals surface area contributed by atoms with Crippen molar-refractivity contribution >= 4 is 34.8 Å². The quantitative estimate of drug-likeness (QED) is 0.437. The van der Waals surface area contributed by atoms with E-state index in [9.17, 15) is 20.2 Å². The maximum atomic E-state index is 12.4. The molecule has 2 aromatic heterocycles. The number of hydrogen-bond acceptors (Lipinski definition) is 9. The number of furan rings is 1. The first-order valence-corrected chi connectivity index (χ1v) is 9.98. The Hall–Kier alpha value is -3.88. The van der Waals surface area contributed by atoms with Gasteiger partial charge in [-0.05, 0) is 24.3 Å². The van der Waals surface area contributed by atoms with Crippen molar-refractivity contribution in [1.82, 2.24) is 9.88 Å². The van der Waals surface area contributed by atoms with Gasteiger partial charge in [-0.15, -0.1) is 0 Å². The van der Waals surface area contributed by atoms with Gasteiger partial charge >= 0.3 is 0 Å². The molecular formula is C20H17ClN6O5. The SMILES string of the molecule is N#Cc1nc(-c2ccco2)oc1N1CCN(CC(=O)Nc2ccc(Cl)c([N+](=O)[O-])c2)CC1. The van der Waals surface area contributed by atoms with E-state index in [1.54, 1.807) is 12.1 Å². The van der Waals surface area contributed by atoms with E-state index >= 15 is 0 Å². The third-order valence-corrected chi connectivity index (χ3v) is 5.22. The van der Waals surface area contributed by atoms with Crippen molar-refractivity contribution in [3.63, 3.8) is 0 Å². The molecule has 1 N–H and O–H groups in total. The van der Waals surface area contributed by atoms with Crippen LogP contribution in [0.5, 0.6) is 0 Å². The summed E-state index contributed by atoms with van der Waals surface area (Å²) in [5, 5.41) is 23.1. The number of carbonyl (C=O) groups is 1. The number of anilines is 2. The fourth-order valence-corrected chi connectivity index (χ4v) is 3.53. The summed E-state index contributed by atoms with van der Waals surface area (Å²) in [4.78, 5) is 30.8. The maximum absolute atomic E-state index is 12.4. The highest BCUT2D eigenvalue weighted by atomic mass is 35.5. The molecule has 0 atom stereocenters. The summed E-state index contributed by atoms with van der Waals surface area (Å²) in [6.07, 6.45) is 1.50. The van der Waals surface area contributed by atoms with Crippen molar-refractivity contribution in [1.29, 1.82) is 5.26 Å². The number of rotatable bonds is 6. The van der Waals surface area contributed by atoms with Crippen molar-refractivity contribution in [3.05, 3.63) is 57.4 Å². The number of nitro groups is 1. The number of nitrogens with one attached hydrogen (secondary N) is 1. The Labute approximate surface area is 186 Å². The van der Waals surface area contributed by atoms with Gasteiger partial charge in [0.15, 0.2) is 5.76 Å². The Morgan fingerprint density at radius 3 is 2.75 bits per heavy atom. The van der Waals surface area contributed by atoms with E-state index in [2.05, 4.69) is 10.3 Å². The minimum absolute atomic E-state index is 0.00322. The summed E-state index contributed by atoms with van der Waals surface area (Å²) >= 11 is 5.79. The molecule has 1 aliphatic heterocycles. The highest BCUT2D eigenvalue weighted by molar-refractivity contribution is 6.32. The molecule has 3 aromatic rings. The summed E-state index contributed by atoms with van der Waals surface area (Å²) in [5.41, 5.74) is 0.204. The Morgan fingerprint density at radius 1 is 1.31 bits per heavy atom. The van der Waals surface area contributed by atoms with Crippen LogP contribution in [-0.2, 0) is 4.79 Å². The monoisotopic (exact) mass is 456 g/mol. The molecule has 1 fully saturated rings. The summed E-state index contributed by atoms with van der Waals surface area (Å²) < 4.78 is 11.0. The zero-order chi connectivity index (χ0) is 22.7. The van der Waals surface area contributed by atoms with Gasteiger partial charge in [0, 0.05) is 37.9 Å². The molecule has 164 valence electrons. The molecule has 11 nitrogen and oxygen atoms in total.